The number of phosphoric acid groups is 1. The van der Waals surface area contributed by atoms with Gasteiger partial charge in [-0.05, 0) is 36.8 Å². The monoisotopic (exact) mass is 354 g/mol. The van der Waals surface area contributed by atoms with Gasteiger partial charge in [0.05, 0.1) is 6.61 Å². The molecule has 0 aromatic heterocycles. The number of aryl methyl sites for hydroxylation is 1. The number of rotatable bonds is 7. The van der Waals surface area contributed by atoms with Crippen LogP contribution in [0.4, 0.5) is 0 Å². The van der Waals surface area contributed by atoms with Crippen LogP contribution in [0.3, 0.4) is 0 Å². The van der Waals surface area contributed by atoms with Gasteiger partial charge in [-0.15, -0.1) is 0 Å². The largest absolute Gasteiger partial charge is 0.587 e. The van der Waals surface area contributed by atoms with E-state index in [0.29, 0.717) is 11.5 Å². The Morgan fingerprint density at radius 3 is 1.68 bits per heavy atom. The maximum atomic E-state index is 13.1. The molecule has 0 radical (unpaired) electrons. The normalized spacial score (nSPS) is 11.1. The molecule has 0 saturated carbocycles. The smallest absolute Gasteiger partial charge is 0.395 e. The van der Waals surface area contributed by atoms with Crippen molar-refractivity contribution >= 4 is 7.82 Å². The summed E-state index contributed by atoms with van der Waals surface area (Å²) in [4.78, 5) is 0. The Hall–Kier alpha value is -2.55. The molecule has 0 fully saturated rings. The zero-order valence-corrected chi connectivity index (χ0v) is 14.8. The van der Waals surface area contributed by atoms with Crippen LogP contribution in [0, 0.1) is 6.92 Å². The van der Waals surface area contributed by atoms with E-state index < -0.39 is 7.82 Å². The summed E-state index contributed by atoms with van der Waals surface area (Å²) < 4.78 is 29.8. The number of hydrogen-bond acceptors (Lipinski definition) is 4. The fourth-order valence-corrected chi connectivity index (χ4v) is 3.34. The topological polar surface area (TPSA) is 44.8 Å². The first kappa shape index (κ1) is 17.3. The highest BCUT2D eigenvalue weighted by atomic mass is 31.2. The SMILES string of the molecule is Cc1ccc(COP(=O)(Oc2ccccc2)Oc2ccccc2)cc1. The van der Waals surface area contributed by atoms with Crippen LogP contribution in [0.1, 0.15) is 11.1 Å². The fourth-order valence-electron chi connectivity index (χ4n) is 2.13. The van der Waals surface area contributed by atoms with E-state index in [9.17, 15) is 4.57 Å². The summed E-state index contributed by atoms with van der Waals surface area (Å²) >= 11 is 0. The average molecular weight is 354 g/mol. The first-order valence-corrected chi connectivity index (χ1v) is 9.38. The molecule has 0 spiro atoms. The van der Waals surface area contributed by atoms with Crippen molar-refractivity contribution in [2.75, 3.05) is 0 Å². The molecule has 0 aliphatic rings. The standard InChI is InChI=1S/C20H19O4P/c1-17-12-14-18(15-13-17)16-22-25(21,23-19-8-4-2-5-9-19)24-20-10-6-3-7-11-20/h2-15H,16H2,1H3. The summed E-state index contributed by atoms with van der Waals surface area (Å²) in [5.74, 6) is 0.844. The van der Waals surface area contributed by atoms with Gasteiger partial charge in [0.1, 0.15) is 11.5 Å². The molecule has 0 amide bonds. The molecular formula is C20H19O4P. The Bertz CT molecular complexity index is 787. The van der Waals surface area contributed by atoms with Crippen LogP contribution < -0.4 is 9.05 Å². The fraction of sp³-hybridized carbons (Fsp3) is 0.100. The molecular weight excluding hydrogens is 335 g/mol. The number of hydrogen-bond donors (Lipinski definition) is 0. The number of benzene rings is 3. The Kier molecular flexibility index (Phi) is 5.54. The Labute approximate surface area is 147 Å². The minimum atomic E-state index is -3.84. The zero-order chi connectivity index (χ0) is 17.5. The second-order valence-electron chi connectivity index (χ2n) is 5.51. The van der Waals surface area contributed by atoms with Crippen LogP contribution in [0.15, 0.2) is 84.9 Å². The Balaban J connectivity index is 1.77. The van der Waals surface area contributed by atoms with Gasteiger partial charge in [-0.1, -0.05) is 66.2 Å². The summed E-state index contributed by atoms with van der Waals surface area (Å²) in [6, 6.07) is 25.5. The molecule has 4 nitrogen and oxygen atoms in total. The van der Waals surface area contributed by atoms with Crippen LogP contribution >= 0.6 is 7.82 Å². The molecule has 5 heteroatoms. The number of phosphoric ester groups is 1. The van der Waals surface area contributed by atoms with Crippen molar-refractivity contribution in [2.45, 2.75) is 13.5 Å². The highest BCUT2D eigenvalue weighted by Gasteiger charge is 2.31. The van der Waals surface area contributed by atoms with E-state index in [4.69, 9.17) is 13.6 Å². The van der Waals surface area contributed by atoms with Crippen LogP contribution in [-0.4, -0.2) is 0 Å². The van der Waals surface area contributed by atoms with E-state index in [2.05, 4.69) is 0 Å². The molecule has 0 bridgehead atoms. The van der Waals surface area contributed by atoms with Gasteiger partial charge in [0, 0.05) is 0 Å². The minimum Gasteiger partial charge on any atom is -0.395 e. The third-order valence-electron chi connectivity index (χ3n) is 3.43. The van der Waals surface area contributed by atoms with Gasteiger partial charge in [-0.3, -0.25) is 4.52 Å². The lowest BCUT2D eigenvalue weighted by atomic mass is 10.2. The van der Waals surface area contributed by atoms with E-state index in [0.717, 1.165) is 11.1 Å². The second kappa shape index (κ2) is 8.02. The van der Waals surface area contributed by atoms with Crippen LogP contribution in [-0.2, 0) is 15.7 Å². The quantitative estimate of drug-likeness (QED) is 0.505. The van der Waals surface area contributed by atoms with Gasteiger partial charge in [-0.25, -0.2) is 4.57 Å². The van der Waals surface area contributed by atoms with E-state index in [1.807, 2.05) is 43.3 Å². The molecule has 3 aromatic rings. The highest BCUT2D eigenvalue weighted by molar-refractivity contribution is 7.49. The van der Waals surface area contributed by atoms with E-state index in [-0.39, 0.29) is 6.61 Å². The molecule has 0 aliphatic carbocycles. The third-order valence-corrected chi connectivity index (χ3v) is 4.74. The predicted octanol–water partition coefficient (Wildman–Crippen LogP) is 5.78. The van der Waals surface area contributed by atoms with E-state index in [1.54, 1.807) is 48.5 Å². The molecule has 0 unspecified atom stereocenters. The Morgan fingerprint density at radius 2 is 1.20 bits per heavy atom. The van der Waals surface area contributed by atoms with E-state index in [1.165, 1.54) is 0 Å². The van der Waals surface area contributed by atoms with Gasteiger partial charge >= 0.3 is 7.82 Å². The van der Waals surface area contributed by atoms with Crippen LogP contribution in [0.25, 0.3) is 0 Å². The van der Waals surface area contributed by atoms with Gasteiger partial charge in [0.2, 0.25) is 0 Å². The molecule has 3 aromatic carbocycles. The summed E-state index contributed by atoms with van der Waals surface area (Å²) in [6.45, 7) is 2.13. The lowest BCUT2D eigenvalue weighted by Gasteiger charge is -2.19. The van der Waals surface area contributed by atoms with Gasteiger partial charge in [-0.2, -0.15) is 0 Å². The van der Waals surface area contributed by atoms with Crippen molar-refractivity contribution < 1.29 is 18.1 Å². The van der Waals surface area contributed by atoms with Crippen molar-refractivity contribution in [3.8, 4) is 11.5 Å². The molecule has 0 heterocycles. The summed E-state index contributed by atoms with van der Waals surface area (Å²) in [5.41, 5.74) is 2.03. The molecule has 0 aliphatic heterocycles. The zero-order valence-electron chi connectivity index (χ0n) is 13.9. The van der Waals surface area contributed by atoms with Gasteiger partial charge < -0.3 is 9.05 Å². The maximum Gasteiger partial charge on any atom is 0.587 e. The summed E-state index contributed by atoms with van der Waals surface area (Å²) in [6.07, 6.45) is 0. The predicted molar refractivity (Wildman–Crippen MR) is 97.7 cm³/mol. The van der Waals surface area contributed by atoms with Gasteiger partial charge in [0.25, 0.3) is 0 Å². The van der Waals surface area contributed by atoms with Crippen molar-refractivity contribution in [2.24, 2.45) is 0 Å². The molecule has 3 rings (SSSR count). The van der Waals surface area contributed by atoms with Gasteiger partial charge in [0.15, 0.2) is 0 Å². The van der Waals surface area contributed by atoms with Crippen molar-refractivity contribution in [3.05, 3.63) is 96.1 Å². The number of para-hydroxylation sites is 2. The second-order valence-corrected chi connectivity index (χ2v) is 7.03. The molecule has 0 N–H and O–H groups in total. The van der Waals surface area contributed by atoms with Crippen molar-refractivity contribution in [1.29, 1.82) is 0 Å². The van der Waals surface area contributed by atoms with Crippen LogP contribution in [0.5, 0.6) is 11.5 Å². The first-order chi connectivity index (χ1) is 12.1. The summed E-state index contributed by atoms with van der Waals surface area (Å²) in [5, 5.41) is 0. The van der Waals surface area contributed by atoms with E-state index >= 15 is 0 Å². The molecule has 0 atom stereocenters. The average Bonchev–Trinajstić information content (AvgIpc) is 2.63. The molecule has 0 saturated heterocycles. The Morgan fingerprint density at radius 1 is 0.720 bits per heavy atom. The van der Waals surface area contributed by atoms with Crippen LogP contribution in [0.2, 0.25) is 0 Å². The van der Waals surface area contributed by atoms with Crippen molar-refractivity contribution in [3.63, 3.8) is 0 Å². The lowest BCUT2D eigenvalue weighted by molar-refractivity contribution is 0.201. The summed E-state index contributed by atoms with van der Waals surface area (Å²) in [7, 11) is -3.84. The van der Waals surface area contributed by atoms with Crippen molar-refractivity contribution in [1.82, 2.24) is 0 Å². The third kappa shape index (κ3) is 5.21. The lowest BCUT2D eigenvalue weighted by Crippen LogP contribution is -2.05. The molecule has 128 valence electrons. The minimum absolute atomic E-state index is 0.122. The maximum absolute atomic E-state index is 13.1. The highest BCUT2D eigenvalue weighted by Crippen LogP contribution is 2.50. The first-order valence-electron chi connectivity index (χ1n) is 7.92. The molecule has 25 heavy (non-hydrogen) atoms.